The van der Waals surface area contributed by atoms with E-state index in [1.165, 1.54) is 57.8 Å². The molecule has 6 nitrogen and oxygen atoms in total. The van der Waals surface area contributed by atoms with Gasteiger partial charge >= 0.3 is 17.9 Å². The second-order valence-corrected chi connectivity index (χ2v) is 17.4. The van der Waals surface area contributed by atoms with E-state index in [2.05, 4.69) is 142 Å². The Hall–Kier alpha value is -4.19. The van der Waals surface area contributed by atoms with Crippen molar-refractivity contribution in [3.8, 4) is 0 Å². The lowest BCUT2D eigenvalue weighted by Crippen LogP contribution is -2.30. The van der Waals surface area contributed by atoms with Gasteiger partial charge in [0.1, 0.15) is 13.2 Å². The Bertz CT molecular complexity index is 1440. The first-order chi connectivity index (χ1) is 33.0. The molecule has 1 unspecified atom stereocenters. The summed E-state index contributed by atoms with van der Waals surface area (Å²) in [6.07, 6.45) is 74.7. The molecule has 0 aliphatic heterocycles. The lowest BCUT2D eigenvalue weighted by atomic mass is 10.1. The fourth-order valence-electron chi connectivity index (χ4n) is 6.93. The third kappa shape index (κ3) is 52.6. The molecule has 0 radical (unpaired) electrons. The quantitative estimate of drug-likeness (QED) is 0.0262. The van der Waals surface area contributed by atoms with Crippen molar-refractivity contribution >= 4 is 17.9 Å². The van der Waals surface area contributed by atoms with E-state index >= 15 is 0 Å². The lowest BCUT2D eigenvalue weighted by molar-refractivity contribution is -0.167. The molecule has 0 aliphatic rings. The summed E-state index contributed by atoms with van der Waals surface area (Å²) in [5, 5.41) is 0. The Morgan fingerprint density at radius 3 is 0.985 bits per heavy atom. The van der Waals surface area contributed by atoms with Crippen molar-refractivity contribution in [2.75, 3.05) is 13.2 Å². The van der Waals surface area contributed by atoms with Gasteiger partial charge in [0.05, 0.1) is 0 Å². The number of rotatable bonds is 47. The van der Waals surface area contributed by atoms with Crippen molar-refractivity contribution in [3.05, 3.63) is 122 Å². The van der Waals surface area contributed by atoms with Crippen LogP contribution in [0.3, 0.4) is 0 Å². The minimum atomic E-state index is -0.824. The maximum absolute atomic E-state index is 12.8. The number of hydrogen-bond acceptors (Lipinski definition) is 6. The summed E-state index contributed by atoms with van der Waals surface area (Å²) in [7, 11) is 0. The smallest absolute Gasteiger partial charge is 0.306 e. The molecule has 0 amide bonds. The summed E-state index contributed by atoms with van der Waals surface area (Å²) < 4.78 is 16.7. The minimum Gasteiger partial charge on any atom is -0.462 e. The second kappa shape index (κ2) is 54.4. The summed E-state index contributed by atoms with van der Waals surface area (Å²) in [5.74, 6) is -1.02. The molecule has 0 bridgehead atoms. The number of carbonyl (C=O) groups excluding carboxylic acids is 3. The van der Waals surface area contributed by atoms with E-state index < -0.39 is 6.10 Å². The van der Waals surface area contributed by atoms with Gasteiger partial charge in [-0.25, -0.2) is 0 Å². The van der Waals surface area contributed by atoms with E-state index in [9.17, 15) is 14.4 Å². The second-order valence-electron chi connectivity index (χ2n) is 17.4. The Morgan fingerprint density at radius 2 is 0.597 bits per heavy atom. The van der Waals surface area contributed by atoms with Gasteiger partial charge in [0.2, 0.25) is 0 Å². The zero-order valence-electron chi connectivity index (χ0n) is 43.1. The molecule has 0 aliphatic carbocycles. The van der Waals surface area contributed by atoms with Crippen molar-refractivity contribution in [2.45, 2.75) is 232 Å². The first-order valence-electron chi connectivity index (χ1n) is 27.0. The normalized spacial score (nSPS) is 13.1. The van der Waals surface area contributed by atoms with Crippen molar-refractivity contribution in [1.29, 1.82) is 0 Å². The molecule has 0 fully saturated rings. The van der Waals surface area contributed by atoms with Gasteiger partial charge in [-0.1, -0.05) is 206 Å². The number of esters is 3. The third-order valence-electron chi connectivity index (χ3n) is 10.9. The van der Waals surface area contributed by atoms with E-state index in [0.29, 0.717) is 19.3 Å². The van der Waals surface area contributed by atoms with Crippen LogP contribution in [0.15, 0.2) is 122 Å². The number of carbonyl (C=O) groups is 3. The van der Waals surface area contributed by atoms with Crippen molar-refractivity contribution in [3.63, 3.8) is 0 Å². The Labute approximate surface area is 412 Å². The van der Waals surface area contributed by atoms with Crippen molar-refractivity contribution < 1.29 is 28.6 Å². The summed E-state index contributed by atoms with van der Waals surface area (Å²) in [6, 6.07) is 0. The van der Waals surface area contributed by atoms with Gasteiger partial charge in [-0.05, 0) is 122 Å². The third-order valence-corrected chi connectivity index (χ3v) is 10.9. The largest absolute Gasteiger partial charge is 0.462 e. The molecule has 0 aromatic carbocycles. The van der Waals surface area contributed by atoms with Gasteiger partial charge in [-0.15, -0.1) is 0 Å². The number of ether oxygens (including phenoxy) is 3. The maximum atomic E-state index is 12.8. The fourth-order valence-corrected chi connectivity index (χ4v) is 6.93. The molecule has 0 aromatic heterocycles. The molecular weight excluding hydrogens is 829 g/mol. The van der Waals surface area contributed by atoms with E-state index in [4.69, 9.17) is 14.2 Å². The molecule has 6 heteroatoms. The zero-order valence-corrected chi connectivity index (χ0v) is 43.1. The van der Waals surface area contributed by atoms with Crippen LogP contribution in [0, 0.1) is 0 Å². The van der Waals surface area contributed by atoms with Crippen LogP contribution in [-0.4, -0.2) is 37.2 Å². The summed E-state index contributed by atoms with van der Waals surface area (Å²) in [6.45, 7) is 6.31. The van der Waals surface area contributed by atoms with Crippen LogP contribution in [0.4, 0.5) is 0 Å². The maximum Gasteiger partial charge on any atom is 0.306 e. The molecule has 0 saturated heterocycles. The Balaban J connectivity index is 4.56. The summed E-state index contributed by atoms with van der Waals surface area (Å²) >= 11 is 0. The molecule has 0 rings (SSSR count). The highest BCUT2D eigenvalue weighted by Crippen LogP contribution is 2.12. The summed E-state index contributed by atoms with van der Waals surface area (Å²) in [5.41, 5.74) is 0. The highest BCUT2D eigenvalue weighted by Gasteiger charge is 2.19. The average Bonchev–Trinajstić information content (AvgIpc) is 3.33. The first-order valence-corrected chi connectivity index (χ1v) is 27.0. The van der Waals surface area contributed by atoms with E-state index in [-0.39, 0.29) is 44.0 Å². The highest BCUT2D eigenvalue weighted by atomic mass is 16.6. The number of unbranched alkanes of at least 4 members (excludes halogenated alkanes) is 16. The Kier molecular flexibility index (Phi) is 51.0. The van der Waals surface area contributed by atoms with Crippen LogP contribution in [0.5, 0.6) is 0 Å². The Morgan fingerprint density at radius 1 is 0.313 bits per heavy atom. The molecule has 0 spiro atoms. The van der Waals surface area contributed by atoms with Crippen LogP contribution >= 0.6 is 0 Å². The highest BCUT2D eigenvalue weighted by molar-refractivity contribution is 5.71. The number of allylic oxidation sites excluding steroid dienone is 20. The predicted molar refractivity (Wildman–Crippen MR) is 288 cm³/mol. The standard InChI is InChI=1S/C61H98O6/c1-4-7-10-13-16-19-22-25-28-31-34-36-39-42-45-48-51-54-60(63)66-57-58(67-61(64)55-52-49-46-43-40-37-33-30-27-24-21-18-15-12-9-6-3)56-65-59(62)53-50-47-44-41-38-35-32-29-26-23-20-17-14-11-8-5-2/h8-9,11-12,17-18,20-21,25-30,34,36-37,40,42,45,58H,4-7,10,13-16,19,22-24,31-33,35,38-39,41,43-44,46-57H2,1-3H3/b11-8-,12-9-,20-17-,21-18-,28-25-,29-26-,30-27-,36-34-,40-37-,45-42-. The van der Waals surface area contributed by atoms with Crippen LogP contribution in [0.25, 0.3) is 0 Å². The minimum absolute atomic E-state index is 0.117. The molecule has 0 N–H and O–H groups in total. The van der Waals surface area contributed by atoms with Crippen LogP contribution in [0.1, 0.15) is 226 Å². The van der Waals surface area contributed by atoms with Gasteiger partial charge in [-0.3, -0.25) is 14.4 Å². The molecule has 0 aromatic rings. The van der Waals surface area contributed by atoms with Crippen molar-refractivity contribution in [2.24, 2.45) is 0 Å². The first kappa shape index (κ1) is 62.8. The SMILES string of the molecule is CC/C=C\C/C=C\C/C=C\C/C=C\CCCCCC(=O)OC(COC(=O)CCC/C=C\C/C=C\C/C=C\CCCCCCCC)COC(=O)CCCCCCCC/C=C\C/C=C\C/C=C\CC. The monoisotopic (exact) mass is 927 g/mol. The van der Waals surface area contributed by atoms with Gasteiger partial charge in [0, 0.05) is 19.3 Å². The predicted octanol–water partition coefficient (Wildman–Crippen LogP) is 18.1. The fraction of sp³-hybridized carbons (Fsp3) is 0.623. The topological polar surface area (TPSA) is 78.9 Å². The van der Waals surface area contributed by atoms with Crippen LogP contribution < -0.4 is 0 Å². The molecule has 0 heterocycles. The molecule has 67 heavy (non-hydrogen) atoms. The molecule has 1 atom stereocenters. The van der Waals surface area contributed by atoms with E-state index in [1.807, 2.05) is 0 Å². The lowest BCUT2D eigenvalue weighted by Gasteiger charge is -2.18. The molecule has 378 valence electrons. The van der Waals surface area contributed by atoms with Gasteiger partial charge < -0.3 is 14.2 Å². The van der Waals surface area contributed by atoms with E-state index in [1.54, 1.807) is 0 Å². The molecule has 0 saturated carbocycles. The van der Waals surface area contributed by atoms with Crippen LogP contribution in [-0.2, 0) is 28.6 Å². The van der Waals surface area contributed by atoms with Gasteiger partial charge in [0.15, 0.2) is 6.10 Å². The average molecular weight is 927 g/mol. The molecular formula is C61H98O6. The van der Waals surface area contributed by atoms with Crippen LogP contribution in [0.2, 0.25) is 0 Å². The van der Waals surface area contributed by atoms with Gasteiger partial charge in [0.25, 0.3) is 0 Å². The van der Waals surface area contributed by atoms with Gasteiger partial charge in [-0.2, -0.15) is 0 Å². The summed E-state index contributed by atoms with van der Waals surface area (Å²) in [4.78, 5) is 38.1. The van der Waals surface area contributed by atoms with Crippen molar-refractivity contribution in [1.82, 2.24) is 0 Å². The zero-order chi connectivity index (χ0) is 48.6. The van der Waals surface area contributed by atoms with E-state index in [0.717, 1.165) is 116 Å². The number of hydrogen-bond donors (Lipinski definition) is 0.